The number of pyridine rings is 1. The van der Waals surface area contributed by atoms with Gasteiger partial charge in [0.2, 0.25) is 10.0 Å². The first kappa shape index (κ1) is 16.0. The van der Waals surface area contributed by atoms with Crippen LogP contribution in [-0.4, -0.2) is 24.9 Å². The van der Waals surface area contributed by atoms with Crippen molar-refractivity contribution in [2.75, 3.05) is 6.54 Å². The number of aromatic nitrogens is 2. The van der Waals surface area contributed by atoms with E-state index < -0.39 is 10.0 Å². The molecule has 1 aromatic carbocycles. The van der Waals surface area contributed by atoms with Gasteiger partial charge < -0.3 is 4.98 Å². The lowest BCUT2D eigenvalue weighted by Crippen LogP contribution is -2.22. The molecule has 25 heavy (non-hydrogen) atoms. The van der Waals surface area contributed by atoms with Gasteiger partial charge in [-0.1, -0.05) is 12.1 Å². The minimum Gasteiger partial charge on any atom is -0.357 e. The number of aryl methyl sites for hydroxylation is 1. The van der Waals surface area contributed by atoms with Crippen molar-refractivity contribution in [1.82, 2.24) is 14.7 Å². The lowest BCUT2D eigenvalue weighted by atomic mass is 10.1. The quantitative estimate of drug-likeness (QED) is 0.740. The fraction of sp³-hybridized carbons (Fsp3) is 0.167. The number of nitrogens with zero attached hydrogens (tertiary/aromatic N) is 1. The van der Waals surface area contributed by atoms with E-state index in [-0.39, 0.29) is 5.82 Å². The molecule has 1 aliphatic heterocycles. The van der Waals surface area contributed by atoms with Crippen molar-refractivity contribution < 1.29 is 12.8 Å². The summed E-state index contributed by atoms with van der Waals surface area (Å²) >= 11 is 0. The van der Waals surface area contributed by atoms with E-state index in [4.69, 9.17) is 0 Å². The van der Waals surface area contributed by atoms with E-state index in [1.54, 1.807) is 30.5 Å². The highest BCUT2D eigenvalue weighted by molar-refractivity contribution is 7.89. The van der Waals surface area contributed by atoms with E-state index in [0.29, 0.717) is 40.5 Å². The van der Waals surface area contributed by atoms with Crippen LogP contribution >= 0.6 is 0 Å². The first-order chi connectivity index (χ1) is 12.0. The molecule has 0 radical (unpaired) electrons. The van der Waals surface area contributed by atoms with E-state index in [1.807, 2.05) is 6.07 Å². The zero-order valence-electron chi connectivity index (χ0n) is 13.3. The standard InChI is InChI=1S/C18H16FN3O2S/c19-14-4-1-3-12(9-14)16-10-13(6-8-20-16)17-11-18-15(22-17)5-2-7-21-25(18,23)24/h1,3-4,6,8-11,21-22H,2,5,7H2. The number of nitrogens with one attached hydrogen (secondary N) is 2. The van der Waals surface area contributed by atoms with Crippen LogP contribution in [-0.2, 0) is 16.4 Å². The molecule has 3 aromatic rings. The number of aromatic amines is 1. The highest BCUT2D eigenvalue weighted by Gasteiger charge is 2.24. The van der Waals surface area contributed by atoms with Gasteiger partial charge in [-0.25, -0.2) is 17.5 Å². The molecule has 1 aliphatic rings. The molecule has 0 saturated carbocycles. The minimum absolute atomic E-state index is 0.295. The second-order valence-corrected chi connectivity index (χ2v) is 7.70. The lowest BCUT2D eigenvalue weighted by Gasteiger charge is -2.04. The molecular weight excluding hydrogens is 341 g/mol. The number of halogens is 1. The van der Waals surface area contributed by atoms with Gasteiger partial charge in [0, 0.05) is 35.3 Å². The van der Waals surface area contributed by atoms with Gasteiger partial charge in [0.15, 0.2) is 0 Å². The summed E-state index contributed by atoms with van der Waals surface area (Å²) < 4.78 is 40.6. The van der Waals surface area contributed by atoms with Crippen LogP contribution in [0.2, 0.25) is 0 Å². The van der Waals surface area contributed by atoms with Crippen LogP contribution in [0.15, 0.2) is 53.6 Å². The number of benzene rings is 1. The first-order valence-corrected chi connectivity index (χ1v) is 9.45. The summed E-state index contributed by atoms with van der Waals surface area (Å²) in [7, 11) is -3.48. The van der Waals surface area contributed by atoms with E-state index in [9.17, 15) is 12.8 Å². The molecular formula is C18H16FN3O2S. The molecule has 2 aromatic heterocycles. The van der Waals surface area contributed by atoms with Crippen LogP contribution < -0.4 is 4.72 Å². The maximum atomic E-state index is 13.4. The van der Waals surface area contributed by atoms with Crippen molar-refractivity contribution in [3.63, 3.8) is 0 Å². The second-order valence-electron chi connectivity index (χ2n) is 5.97. The van der Waals surface area contributed by atoms with Crippen molar-refractivity contribution >= 4 is 10.0 Å². The molecule has 0 fully saturated rings. The summed E-state index contributed by atoms with van der Waals surface area (Å²) in [6.45, 7) is 0.444. The van der Waals surface area contributed by atoms with Crippen LogP contribution in [0.3, 0.4) is 0 Å². The Morgan fingerprint density at radius 1 is 1.08 bits per heavy atom. The molecule has 0 unspecified atom stereocenters. The molecule has 7 heteroatoms. The van der Waals surface area contributed by atoms with Crippen LogP contribution in [0.4, 0.5) is 4.39 Å². The van der Waals surface area contributed by atoms with Crippen molar-refractivity contribution in [1.29, 1.82) is 0 Å². The Labute approximate surface area is 145 Å². The molecule has 0 bridgehead atoms. The van der Waals surface area contributed by atoms with Gasteiger partial charge in [0.25, 0.3) is 0 Å². The van der Waals surface area contributed by atoms with Gasteiger partial charge in [-0.05, 0) is 43.2 Å². The van der Waals surface area contributed by atoms with E-state index in [0.717, 1.165) is 12.0 Å². The van der Waals surface area contributed by atoms with Gasteiger partial charge in [-0.15, -0.1) is 0 Å². The van der Waals surface area contributed by atoms with E-state index in [1.165, 1.54) is 12.1 Å². The zero-order valence-corrected chi connectivity index (χ0v) is 14.1. The number of hydrogen-bond acceptors (Lipinski definition) is 3. The third kappa shape index (κ3) is 3.08. The van der Waals surface area contributed by atoms with E-state index >= 15 is 0 Å². The zero-order chi connectivity index (χ0) is 17.4. The van der Waals surface area contributed by atoms with Crippen molar-refractivity contribution in [3.05, 3.63) is 60.2 Å². The molecule has 0 saturated heterocycles. The average Bonchev–Trinajstić information content (AvgIpc) is 2.99. The summed E-state index contributed by atoms with van der Waals surface area (Å²) in [5.74, 6) is -0.326. The Morgan fingerprint density at radius 3 is 2.80 bits per heavy atom. The topological polar surface area (TPSA) is 74.8 Å². The third-order valence-corrected chi connectivity index (χ3v) is 5.76. The number of H-pyrrole nitrogens is 1. The molecule has 128 valence electrons. The van der Waals surface area contributed by atoms with Crippen molar-refractivity contribution in [3.8, 4) is 22.5 Å². The summed E-state index contributed by atoms with van der Waals surface area (Å²) in [6.07, 6.45) is 3.05. The van der Waals surface area contributed by atoms with Gasteiger partial charge >= 0.3 is 0 Å². The second kappa shape index (κ2) is 6.09. The Kier molecular flexibility index (Phi) is 3.89. The fourth-order valence-corrected chi connectivity index (χ4v) is 4.33. The smallest absolute Gasteiger partial charge is 0.242 e. The monoisotopic (exact) mass is 357 g/mol. The largest absolute Gasteiger partial charge is 0.357 e. The molecule has 3 heterocycles. The first-order valence-electron chi connectivity index (χ1n) is 7.97. The number of hydrogen-bond donors (Lipinski definition) is 2. The van der Waals surface area contributed by atoms with Crippen LogP contribution in [0.1, 0.15) is 12.1 Å². The summed E-state index contributed by atoms with van der Waals surface area (Å²) in [5, 5.41) is 0. The number of fused-ring (bicyclic) bond motifs is 1. The van der Waals surface area contributed by atoms with Crippen molar-refractivity contribution in [2.24, 2.45) is 0 Å². The maximum Gasteiger partial charge on any atom is 0.242 e. The highest BCUT2D eigenvalue weighted by atomic mass is 32.2. The Bertz CT molecular complexity index is 1040. The number of rotatable bonds is 2. The van der Waals surface area contributed by atoms with Crippen LogP contribution in [0.25, 0.3) is 22.5 Å². The summed E-state index contributed by atoms with van der Waals surface area (Å²) in [6, 6.07) is 11.5. The van der Waals surface area contributed by atoms with Crippen molar-refractivity contribution in [2.45, 2.75) is 17.7 Å². The molecule has 0 amide bonds. The molecule has 2 N–H and O–H groups in total. The molecule has 0 aliphatic carbocycles. The Morgan fingerprint density at radius 2 is 1.96 bits per heavy atom. The fourth-order valence-electron chi connectivity index (χ4n) is 3.01. The summed E-state index contributed by atoms with van der Waals surface area (Å²) in [5.41, 5.74) is 3.52. The molecule has 0 atom stereocenters. The normalized spacial score (nSPS) is 16.2. The predicted octanol–water partition coefficient (Wildman–Crippen LogP) is 3.11. The highest BCUT2D eigenvalue weighted by Crippen LogP contribution is 2.29. The van der Waals surface area contributed by atoms with Gasteiger partial charge in [-0.2, -0.15) is 0 Å². The van der Waals surface area contributed by atoms with E-state index in [2.05, 4.69) is 14.7 Å². The summed E-state index contributed by atoms with van der Waals surface area (Å²) in [4.78, 5) is 7.80. The van der Waals surface area contributed by atoms with Gasteiger partial charge in [0.1, 0.15) is 10.7 Å². The molecule has 4 rings (SSSR count). The SMILES string of the molecule is O=S1(=O)NCCCc2[nH]c(-c3ccnc(-c4cccc(F)c4)c3)cc21. The maximum absolute atomic E-state index is 13.4. The Hall–Kier alpha value is -2.51. The third-order valence-electron chi connectivity index (χ3n) is 4.23. The average molecular weight is 357 g/mol. The Balaban J connectivity index is 1.78. The minimum atomic E-state index is -3.48. The van der Waals surface area contributed by atoms with Crippen LogP contribution in [0, 0.1) is 5.82 Å². The molecule has 0 spiro atoms. The van der Waals surface area contributed by atoms with Crippen LogP contribution in [0.5, 0.6) is 0 Å². The predicted molar refractivity (Wildman–Crippen MR) is 92.9 cm³/mol. The molecule has 5 nitrogen and oxygen atoms in total. The lowest BCUT2D eigenvalue weighted by molar-refractivity contribution is 0.583. The van der Waals surface area contributed by atoms with Gasteiger partial charge in [0.05, 0.1) is 5.69 Å². The van der Waals surface area contributed by atoms with Gasteiger partial charge in [-0.3, -0.25) is 4.98 Å². The number of sulfonamides is 1.